The predicted molar refractivity (Wildman–Crippen MR) is 317 cm³/mol. The highest BCUT2D eigenvalue weighted by molar-refractivity contribution is 5.71. The monoisotopic (exact) mass is 1030 g/mol. The molecule has 0 aliphatic heterocycles. The van der Waals surface area contributed by atoms with E-state index >= 15 is 0 Å². The van der Waals surface area contributed by atoms with Crippen LogP contribution in [0.3, 0.4) is 0 Å². The number of carbonyl (C=O) groups is 3. The summed E-state index contributed by atoms with van der Waals surface area (Å²) in [4.78, 5) is 37.9. The maximum atomic E-state index is 12.8. The molecule has 6 nitrogen and oxygen atoms in total. The molecule has 6 heteroatoms. The molecule has 0 aliphatic carbocycles. The van der Waals surface area contributed by atoms with Gasteiger partial charge in [-0.2, -0.15) is 0 Å². The van der Waals surface area contributed by atoms with E-state index in [4.69, 9.17) is 14.2 Å². The van der Waals surface area contributed by atoms with E-state index in [1.54, 1.807) is 0 Å². The van der Waals surface area contributed by atoms with Crippen LogP contribution < -0.4 is 0 Å². The highest BCUT2D eigenvalue weighted by Gasteiger charge is 2.19. The van der Waals surface area contributed by atoms with Crippen LogP contribution in [-0.4, -0.2) is 37.2 Å². The van der Waals surface area contributed by atoms with Gasteiger partial charge in [0.25, 0.3) is 0 Å². The molecule has 0 N–H and O–H groups in total. The van der Waals surface area contributed by atoms with Gasteiger partial charge in [-0.1, -0.05) is 355 Å². The quantitative estimate of drug-likeness (QED) is 0.0343. The number of hydrogen-bond acceptors (Lipinski definition) is 6. The third-order valence-electron chi connectivity index (χ3n) is 15.6. The van der Waals surface area contributed by atoms with Crippen molar-refractivity contribution < 1.29 is 28.6 Å². The van der Waals surface area contributed by atoms with Crippen LogP contribution in [0.15, 0.2) is 0 Å². The van der Waals surface area contributed by atoms with E-state index < -0.39 is 6.10 Å². The molecule has 73 heavy (non-hydrogen) atoms. The predicted octanol–water partition coefficient (Wildman–Crippen LogP) is 22.7. The second-order valence-electron chi connectivity index (χ2n) is 23.1. The second kappa shape index (κ2) is 62.9. The number of unbranched alkanes of at least 4 members (excludes halogenated alkanes) is 52. The van der Waals surface area contributed by atoms with E-state index in [9.17, 15) is 14.4 Å². The summed E-state index contributed by atoms with van der Waals surface area (Å²) in [5.74, 6) is -0.844. The highest BCUT2D eigenvalue weighted by Crippen LogP contribution is 2.19. The van der Waals surface area contributed by atoms with Gasteiger partial charge in [-0.15, -0.1) is 0 Å². The van der Waals surface area contributed by atoms with Gasteiger partial charge in [0.1, 0.15) is 13.2 Å². The Morgan fingerprint density at radius 3 is 0.548 bits per heavy atom. The summed E-state index contributed by atoms with van der Waals surface area (Å²) in [6.07, 6.45) is 73.3. The Bertz CT molecular complexity index is 1090. The van der Waals surface area contributed by atoms with Crippen molar-refractivity contribution in [1.29, 1.82) is 0 Å². The van der Waals surface area contributed by atoms with E-state index in [1.165, 1.54) is 295 Å². The summed E-state index contributed by atoms with van der Waals surface area (Å²) >= 11 is 0. The Balaban J connectivity index is 3.84. The van der Waals surface area contributed by atoms with Crippen LogP contribution >= 0.6 is 0 Å². The first-order chi connectivity index (χ1) is 36.0. The van der Waals surface area contributed by atoms with E-state index in [0.29, 0.717) is 19.3 Å². The minimum absolute atomic E-state index is 0.0621. The first kappa shape index (κ1) is 71.4. The van der Waals surface area contributed by atoms with Gasteiger partial charge in [0.2, 0.25) is 0 Å². The van der Waals surface area contributed by atoms with Crippen LogP contribution in [0, 0.1) is 0 Å². The Morgan fingerprint density at radius 1 is 0.219 bits per heavy atom. The molecular weight excluding hydrogens is 901 g/mol. The third-order valence-corrected chi connectivity index (χ3v) is 15.6. The summed E-state index contributed by atoms with van der Waals surface area (Å²) in [6, 6.07) is 0. The van der Waals surface area contributed by atoms with Gasteiger partial charge in [-0.05, 0) is 19.3 Å². The molecule has 0 bridgehead atoms. The number of ether oxygens (including phenoxy) is 3. The maximum Gasteiger partial charge on any atom is 0.306 e. The second-order valence-corrected chi connectivity index (χ2v) is 23.1. The summed E-state index contributed by atoms with van der Waals surface area (Å²) in [7, 11) is 0. The van der Waals surface area contributed by atoms with Crippen molar-refractivity contribution in [2.45, 2.75) is 399 Å². The molecule has 0 aromatic carbocycles. The Hall–Kier alpha value is -1.59. The fourth-order valence-corrected chi connectivity index (χ4v) is 10.6. The zero-order valence-corrected chi connectivity index (χ0v) is 50.0. The van der Waals surface area contributed by atoms with E-state index in [2.05, 4.69) is 20.8 Å². The number of rotatable bonds is 63. The molecule has 0 aromatic heterocycles. The molecule has 0 spiro atoms. The van der Waals surface area contributed by atoms with Gasteiger partial charge in [0, 0.05) is 19.3 Å². The topological polar surface area (TPSA) is 78.9 Å². The van der Waals surface area contributed by atoms with Crippen LogP contribution in [0.1, 0.15) is 393 Å². The van der Waals surface area contributed by atoms with Gasteiger partial charge in [0.15, 0.2) is 6.10 Å². The summed E-state index contributed by atoms with van der Waals surface area (Å²) in [5.41, 5.74) is 0. The van der Waals surface area contributed by atoms with Crippen molar-refractivity contribution in [2.24, 2.45) is 0 Å². The minimum atomic E-state index is -0.760. The van der Waals surface area contributed by atoms with Crippen molar-refractivity contribution >= 4 is 17.9 Å². The molecule has 1 unspecified atom stereocenters. The molecule has 0 fully saturated rings. The van der Waals surface area contributed by atoms with Crippen molar-refractivity contribution in [1.82, 2.24) is 0 Å². The van der Waals surface area contributed by atoms with Crippen molar-refractivity contribution in [3.8, 4) is 0 Å². The van der Waals surface area contributed by atoms with Gasteiger partial charge in [0.05, 0.1) is 0 Å². The first-order valence-corrected chi connectivity index (χ1v) is 33.5. The zero-order valence-electron chi connectivity index (χ0n) is 50.0. The smallest absolute Gasteiger partial charge is 0.306 e. The molecule has 0 rings (SSSR count). The Labute approximate surface area is 457 Å². The lowest BCUT2D eigenvalue weighted by atomic mass is 10.0. The molecule has 0 saturated heterocycles. The van der Waals surface area contributed by atoms with Crippen LogP contribution in [0.5, 0.6) is 0 Å². The van der Waals surface area contributed by atoms with Crippen LogP contribution in [0.25, 0.3) is 0 Å². The molecular formula is C67H130O6. The van der Waals surface area contributed by atoms with Gasteiger partial charge >= 0.3 is 17.9 Å². The number of carbonyl (C=O) groups excluding carboxylic acids is 3. The fraction of sp³-hybridized carbons (Fsp3) is 0.955. The minimum Gasteiger partial charge on any atom is -0.462 e. The van der Waals surface area contributed by atoms with Gasteiger partial charge < -0.3 is 14.2 Å². The highest BCUT2D eigenvalue weighted by atomic mass is 16.6. The SMILES string of the molecule is CCCCCCCCCCCCCCCCCCCCCCCCCCCCCCCCCCCCC(=O)OCC(COC(=O)CCCCCCCC)OC(=O)CCCCCCCCCCCCCCCCC. The van der Waals surface area contributed by atoms with Crippen LogP contribution in [0.2, 0.25) is 0 Å². The average Bonchev–Trinajstić information content (AvgIpc) is 3.39. The summed E-state index contributed by atoms with van der Waals surface area (Å²) < 4.78 is 16.8. The summed E-state index contributed by atoms with van der Waals surface area (Å²) in [5, 5.41) is 0. The molecule has 0 radical (unpaired) electrons. The lowest BCUT2D eigenvalue weighted by Crippen LogP contribution is -2.30. The summed E-state index contributed by atoms with van der Waals surface area (Å²) in [6.45, 7) is 6.65. The van der Waals surface area contributed by atoms with Crippen molar-refractivity contribution in [2.75, 3.05) is 13.2 Å². The maximum absolute atomic E-state index is 12.8. The largest absolute Gasteiger partial charge is 0.462 e. The van der Waals surface area contributed by atoms with Gasteiger partial charge in [-0.25, -0.2) is 0 Å². The average molecular weight is 1030 g/mol. The molecule has 0 amide bonds. The van der Waals surface area contributed by atoms with E-state index in [1.807, 2.05) is 0 Å². The van der Waals surface area contributed by atoms with Crippen molar-refractivity contribution in [3.63, 3.8) is 0 Å². The normalized spacial score (nSPS) is 11.9. The lowest BCUT2D eigenvalue weighted by Gasteiger charge is -2.18. The Kier molecular flexibility index (Phi) is 61.6. The molecule has 434 valence electrons. The lowest BCUT2D eigenvalue weighted by molar-refractivity contribution is -0.167. The van der Waals surface area contributed by atoms with E-state index in [0.717, 1.165) is 57.8 Å². The molecule has 0 aromatic rings. The molecule has 0 aliphatic rings. The van der Waals surface area contributed by atoms with Crippen LogP contribution in [-0.2, 0) is 28.6 Å². The van der Waals surface area contributed by atoms with Gasteiger partial charge in [-0.3, -0.25) is 14.4 Å². The molecule has 0 heterocycles. The van der Waals surface area contributed by atoms with Crippen molar-refractivity contribution in [3.05, 3.63) is 0 Å². The standard InChI is InChI=1S/C67H130O6/c1-4-7-10-13-16-18-20-22-24-25-26-27-28-29-30-31-32-33-34-35-36-37-38-39-40-41-42-44-45-47-49-51-54-57-60-66(69)72-63-64(62-71-65(68)59-56-53-15-12-9-6-3)73-67(70)61-58-55-52-50-48-46-43-23-21-19-17-14-11-8-5-2/h64H,4-63H2,1-3H3. The number of hydrogen-bond donors (Lipinski definition) is 0. The van der Waals surface area contributed by atoms with E-state index in [-0.39, 0.29) is 31.1 Å². The molecule has 0 saturated carbocycles. The first-order valence-electron chi connectivity index (χ1n) is 33.5. The third kappa shape index (κ3) is 61.1. The fourth-order valence-electron chi connectivity index (χ4n) is 10.6. The van der Waals surface area contributed by atoms with Crippen LogP contribution in [0.4, 0.5) is 0 Å². The zero-order chi connectivity index (χ0) is 52.9. The molecule has 1 atom stereocenters. The number of esters is 3. The Morgan fingerprint density at radius 2 is 0.370 bits per heavy atom.